The summed E-state index contributed by atoms with van der Waals surface area (Å²) < 4.78 is 24.1. The molecule has 2 aliphatic rings. The second-order valence-electron chi connectivity index (χ2n) is 7.29. The number of benzene rings is 1. The smallest absolute Gasteiger partial charge is 1.00 e. The number of esters is 1. The molecule has 2 aromatic rings. The molecule has 2 aliphatic heterocycles. The molecule has 0 saturated carbocycles. The summed E-state index contributed by atoms with van der Waals surface area (Å²) in [7, 11) is 1.24. The van der Waals surface area contributed by atoms with Gasteiger partial charge < -0.3 is 21.3 Å². The van der Waals surface area contributed by atoms with Gasteiger partial charge in [-0.05, 0) is 12.1 Å². The van der Waals surface area contributed by atoms with Crippen molar-refractivity contribution in [3.63, 3.8) is 0 Å². The summed E-state index contributed by atoms with van der Waals surface area (Å²) in [5.74, 6) is -1.83. The van der Waals surface area contributed by atoms with Crippen molar-refractivity contribution in [1.29, 1.82) is 0 Å². The van der Waals surface area contributed by atoms with Gasteiger partial charge in [-0.2, -0.15) is 0 Å². The Hall–Kier alpha value is -1.86. The first-order valence-electron chi connectivity index (χ1n) is 9.94. The molecule has 34 heavy (non-hydrogen) atoms. The van der Waals surface area contributed by atoms with E-state index in [9.17, 15) is 19.1 Å². The van der Waals surface area contributed by atoms with Crippen molar-refractivity contribution in [2.24, 2.45) is 4.99 Å². The summed E-state index contributed by atoms with van der Waals surface area (Å²) in [6, 6.07) is 2.05. The number of nitrogens with one attached hydrogen (secondary N) is 1. The van der Waals surface area contributed by atoms with Crippen LogP contribution in [0.4, 0.5) is 4.39 Å². The van der Waals surface area contributed by atoms with Gasteiger partial charge in [0.15, 0.2) is 10.8 Å². The number of nitrogens with zero attached hydrogens (tertiary/aromatic N) is 3. The first-order valence-corrected chi connectivity index (χ1v) is 11.2. The van der Waals surface area contributed by atoms with Crippen molar-refractivity contribution >= 4 is 40.7 Å². The number of carbonyl (C=O) groups is 2. The second kappa shape index (κ2) is 11.7. The fourth-order valence-corrected chi connectivity index (χ4v) is 4.58. The molecule has 1 aromatic heterocycles. The number of morpholine rings is 1. The third-order valence-electron chi connectivity index (χ3n) is 5.31. The fourth-order valence-electron chi connectivity index (χ4n) is 3.73. The molecule has 0 radical (unpaired) electrons. The van der Waals surface area contributed by atoms with Crippen LogP contribution < -0.4 is 34.9 Å². The van der Waals surface area contributed by atoms with Crippen molar-refractivity contribution in [1.82, 2.24) is 15.2 Å². The van der Waals surface area contributed by atoms with E-state index in [0.29, 0.717) is 35.3 Å². The maximum absolute atomic E-state index is 13.7. The first kappa shape index (κ1) is 26.7. The van der Waals surface area contributed by atoms with Gasteiger partial charge in [-0.25, -0.2) is 14.2 Å². The van der Waals surface area contributed by atoms with Crippen LogP contribution in [0.5, 0.6) is 0 Å². The van der Waals surface area contributed by atoms with E-state index in [2.05, 4.69) is 15.3 Å². The number of aliphatic imine (C=N–C) groups is 1. The standard InChI is InChI=1S/C21H20ClFN4O5S.Na.H/c1-31-21(30)16-14(9-27-5-6-32-10-15(27)20(28)29)25-18(19-24-4-7-33-19)26-17(16)12-3-2-11(23)8-13(12)22;;/h2-4,7-8,15,17H,5-6,9-10H2,1H3,(H,25,26)(H,28,29);;/q;+1;-1. The third-order valence-corrected chi connectivity index (χ3v) is 6.42. The number of carboxylic acids is 1. The summed E-state index contributed by atoms with van der Waals surface area (Å²) in [4.78, 5) is 35.3. The SMILES string of the molecule is COC(=O)C1=C(CN2CCOCC2C(=O)O)NC(c2nccs2)=NC1c1ccc(F)cc1Cl.[H-].[Na+]. The van der Waals surface area contributed by atoms with Crippen LogP contribution in [-0.2, 0) is 19.1 Å². The average molecular weight is 519 g/mol. The summed E-state index contributed by atoms with van der Waals surface area (Å²) in [5, 5.41) is 15.2. The van der Waals surface area contributed by atoms with Crippen LogP contribution in [0.1, 0.15) is 18.0 Å². The van der Waals surface area contributed by atoms with Crippen LogP contribution in [0, 0.1) is 5.82 Å². The zero-order chi connectivity index (χ0) is 23.5. The van der Waals surface area contributed by atoms with Crippen molar-refractivity contribution in [3.8, 4) is 0 Å². The summed E-state index contributed by atoms with van der Waals surface area (Å²) >= 11 is 7.67. The summed E-state index contributed by atoms with van der Waals surface area (Å²) in [5.41, 5.74) is 0.964. The maximum Gasteiger partial charge on any atom is 1.00 e. The van der Waals surface area contributed by atoms with Gasteiger partial charge in [0.2, 0.25) is 0 Å². The van der Waals surface area contributed by atoms with Gasteiger partial charge in [-0.15, -0.1) is 11.3 Å². The minimum Gasteiger partial charge on any atom is -1.00 e. The number of carbonyl (C=O) groups excluding carboxylic acids is 1. The van der Waals surface area contributed by atoms with Gasteiger partial charge >= 0.3 is 41.5 Å². The predicted octanol–water partition coefficient (Wildman–Crippen LogP) is -0.644. The zero-order valence-electron chi connectivity index (χ0n) is 19.5. The fraction of sp³-hybridized carbons (Fsp3) is 0.333. The van der Waals surface area contributed by atoms with Gasteiger partial charge in [-0.3, -0.25) is 14.7 Å². The van der Waals surface area contributed by atoms with E-state index in [-0.39, 0.29) is 54.7 Å². The van der Waals surface area contributed by atoms with Crippen molar-refractivity contribution in [2.45, 2.75) is 12.1 Å². The van der Waals surface area contributed by atoms with Crippen LogP contribution in [0.15, 0.2) is 46.0 Å². The average Bonchev–Trinajstić information content (AvgIpc) is 3.33. The van der Waals surface area contributed by atoms with Gasteiger partial charge in [0.25, 0.3) is 0 Å². The van der Waals surface area contributed by atoms with E-state index < -0.39 is 29.8 Å². The largest absolute Gasteiger partial charge is 1.00 e. The predicted molar refractivity (Wildman–Crippen MR) is 120 cm³/mol. The Bertz CT molecular complexity index is 1140. The molecule has 4 rings (SSSR count). The zero-order valence-corrected chi connectivity index (χ0v) is 22.0. The van der Waals surface area contributed by atoms with Gasteiger partial charge in [-0.1, -0.05) is 17.7 Å². The number of aliphatic carboxylic acids is 1. The number of thiazole rings is 1. The first-order chi connectivity index (χ1) is 15.9. The maximum atomic E-state index is 13.7. The van der Waals surface area contributed by atoms with Crippen LogP contribution in [0.3, 0.4) is 0 Å². The van der Waals surface area contributed by atoms with Gasteiger partial charge in [0.1, 0.15) is 17.9 Å². The molecule has 0 spiro atoms. The molecule has 0 bridgehead atoms. The molecule has 1 fully saturated rings. The number of carboxylic acid groups (broad SMARTS) is 1. The Morgan fingerprint density at radius 1 is 1.47 bits per heavy atom. The molecule has 0 aliphatic carbocycles. The Kier molecular flexibility index (Phi) is 9.21. The Morgan fingerprint density at radius 2 is 2.26 bits per heavy atom. The Labute approximate surface area is 227 Å². The molecule has 9 nitrogen and oxygen atoms in total. The number of halogens is 2. The molecule has 1 saturated heterocycles. The number of hydrogen-bond donors (Lipinski definition) is 2. The number of aromatic nitrogens is 1. The number of rotatable bonds is 6. The van der Waals surface area contributed by atoms with Crippen molar-refractivity contribution < 1.29 is 59.5 Å². The molecule has 1 aromatic carbocycles. The van der Waals surface area contributed by atoms with E-state index in [1.807, 2.05) is 0 Å². The van der Waals surface area contributed by atoms with E-state index in [1.165, 1.54) is 30.6 Å². The number of amidine groups is 1. The number of methoxy groups -OCH3 is 1. The van der Waals surface area contributed by atoms with E-state index in [1.54, 1.807) is 16.5 Å². The Balaban J connectivity index is 0.00000216. The molecular weight excluding hydrogens is 498 g/mol. The molecule has 2 unspecified atom stereocenters. The second-order valence-corrected chi connectivity index (χ2v) is 8.59. The quantitative estimate of drug-likeness (QED) is 0.383. The van der Waals surface area contributed by atoms with E-state index >= 15 is 0 Å². The number of hydrogen-bond acceptors (Lipinski definition) is 9. The van der Waals surface area contributed by atoms with Crippen molar-refractivity contribution in [2.75, 3.05) is 33.4 Å². The van der Waals surface area contributed by atoms with Crippen LogP contribution in [-0.4, -0.2) is 72.2 Å². The summed E-state index contributed by atoms with van der Waals surface area (Å²) in [6.45, 7) is 0.814. The molecule has 2 atom stereocenters. The van der Waals surface area contributed by atoms with E-state index in [0.717, 1.165) is 6.07 Å². The monoisotopic (exact) mass is 518 g/mol. The van der Waals surface area contributed by atoms with E-state index in [4.69, 9.17) is 21.1 Å². The normalized spacial score (nSPS) is 20.7. The minimum atomic E-state index is -1.03. The minimum absolute atomic E-state index is 0. The van der Waals surface area contributed by atoms with Crippen LogP contribution >= 0.6 is 22.9 Å². The molecular formula is C21H21ClFN4NaO5S. The van der Waals surface area contributed by atoms with Crippen LogP contribution in [0.25, 0.3) is 0 Å². The molecule has 0 amide bonds. The number of ether oxygens (including phenoxy) is 2. The summed E-state index contributed by atoms with van der Waals surface area (Å²) in [6.07, 6.45) is 1.62. The Morgan fingerprint density at radius 3 is 2.91 bits per heavy atom. The van der Waals surface area contributed by atoms with Crippen LogP contribution in [0.2, 0.25) is 5.02 Å². The molecule has 2 N–H and O–H groups in total. The van der Waals surface area contributed by atoms with Gasteiger partial charge in [0, 0.05) is 40.9 Å². The topological polar surface area (TPSA) is 113 Å². The molecule has 3 heterocycles. The van der Waals surface area contributed by atoms with Gasteiger partial charge in [0.05, 0.1) is 25.9 Å². The van der Waals surface area contributed by atoms with Crippen molar-refractivity contribution in [3.05, 3.63) is 62.5 Å². The molecule has 13 heteroatoms. The third kappa shape index (κ3) is 5.68. The molecule has 176 valence electrons.